The van der Waals surface area contributed by atoms with Crippen molar-refractivity contribution in [1.29, 1.82) is 0 Å². The van der Waals surface area contributed by atoms with Gasteiger partial charge >= 0.3 is 0 Å². The molecular weight excluding hydrogens is 210 g/mol. The zero-order chi connectivity index (χ0) is 12.3. The maximum absolute atomic E-state index is 4.39. The maximum Gasteiger partial charge on any atom is 0.0537 e. The molecule has 0 saturated heterocycles. The summed E-state index contributed by atoms with van der Waals surface area (Å²) in [6.45, 7) is 5.46. The van der Waals surface area contributed by atoms with E-state index in [4.69, 9.17) is 0 Å². The zero-order valence-corrected chi connectivity index (χ0v) is 11.3. The van der Waals surface area contributed by atoms with E-state index in [1.807, 2.05) is 10.9 Å². The SMILES string of the molecule is CCn1cc(C(NC)C2CCC(C)CC2)cn1. The van der Waals surface area contributed by atoms with E-state index in [2.05, 4.69) is 37.5 Å². The van der Waals surface area contributed by atoms with Gasteiger partial charge in [0.25, 0.3) is 0 Å². The van der Waals surface area contributed by atoms with Crippen molar-refractivity contribution in [1.82, 2.24) is 15.1 Å². The second-order valence-corrected chi connectivity index (χ2v) is 5.42. The lowest BCUT2D eigenvalue weighted by molar-refractivity contribution is 0.238. The van der Waals surface area contributed by atoms with Crippen molar-refractivity contribution in [3.8, 4) is 0 Å². The molecule has 0 aliphatic heterocycles. The minimum atomic E-state index is 0.489. The first kappa shape index (κ1) is 12.6. The molecule has 0 bridgehead atoms. The van der Waals surface area contributed by atoms with E-state index in [0.717, 1.165) is 18.4 Å². The molecule has 1 atom stereocenters. The van der Waals surface area contributed by atoms with Crippen molar-refractivity contribution in [3.05, 3.63) is 18.0 Å². The molecule has 17 heavy (non-hydrogen) atoms. The van der Waals surface area contributed by atoms with Crippen LogP contribution >= 0.6 is 0 Å². The molecule has 1 heterocycles. The summed E-state index contributed by atoms with van der Waals surface area (Å²) in [6, 6.07) is 0.489. The van der Waals surface area contributed by atoms with Crippen LogP contribution in [0.2, 0.25) is 0 Å². The highest BCUT2D eigenvalue weighted by atomic mass is 15.3. The van der Waals surface area contributed by atoms with Gasteiger partial charge in [0.05, 0.1) is 6.20 Å². The van der Waals surface area contributed by atoms with Crippen molar-refractivity contribution < 1.29 is 0 Å². The van der Waals surface area contributed by atoms with Gasteiger partial charge in [0.2, 0.25) is 0 Å². The van der Waals surface area contributed by atoms with Gasteiger partial charge in [-0.15, -0.1) is 0 Å². The molecule has 1 saturated carbocycles. The number of aromatic nitrogens is 2. The molecule has 0 spiro atoms. The minimum absolute atomic E-state index is 0.489. The summed E-state index contributed by atoms with van der Waals surface area (Å²) in [5, 5.41) is 7.88. The first-order valence-corrected chi connectivity index (χ1v) is 6.94. The number of nitrogens with zero attached hydrogens (tertiary/aromatic N) is 2. The molecule has 1 aromatic heterocycles. The average molecular weight is 235 g/mol. The topological polar surface area (TPSA) is 29.9 Å². The third kappa shape index (κ3) is 2.89. The van der Waals surface area contributed by atoms with Crippen LogP contribution in [0.4, 0.5) is 0 Å². The van der Waals surface area contributed by atoms with Crippen LogP contribution < -0.4 is 5.32 Å². The van der Waals surface area contributed by atoms with Gasteiger partial charge in [-0.05, 0) is 38.6 Å². The molecule has 0 aromatic carbocycles. The molecule has 0 amide bonds. The van der Waals surface area contributed by atoms with Crippen LogP contribution in [-0.2, 0) is 6.54 Å². The summed E-state index contributed by atoms with van der Waals surface area (Å²) in [6.07, 6.45) is 9.69. The lowest BCUT2D eigenvalue weighted by atomic mass is 9.78. The lowest BCUT2D eigenvalue weighted by Gasteiger charge is -2.32. The quantitative estimate of drug-likeness (QED) is 0.869. The lowest BCUT2D eigenvalue weighted by Crippen LogP contribution is -2.28. The van der Waals surface area contributed by atoms with E-state index in [0.29, 0.717) is 6.04 Å². The second kappa shape index (κ2) is 5.67. The molecule has 3 heteroatoms. The highest BCUT2D eigenvalue weighted by molar-refractivity contribution is 5.12. The van der Waals surface area contributed by atoms with Gasteiger partial charge in [0, 0.05) is 24.3 Å². The summed E-state index contributed by atoms with van der Waals surface area (Å²) in [5.41, 5.74) is 1.36. The van der Waals surface area contributed by atoms with Gasteiger partial charge in [-0.2, -0.15) is 5.10 Å². The Morgan fingerprint density at radius 1 is 1.41 bits per heavy atom. The number of nitrogens with one attached hydrogen (secondary N) is 1. The van der Waals surface area contributed by atoms with E-state index in [1.54, 1.807) is 0 Å². The molecular formula is C14H25N3. The Kier molecular flexibility index (Phi) is 4.21. The Balaban J connectivity index is 2.05. The first-order valence-electron chi connectivity index (χ1n) is 6.94. The largest absolute Gasteiger partial charge is 0.313 e. The van der Waals surface area contributed by atoms with Crippen LogP contribution in [0.15, 0.2) is 12.4 Å². The van der Waals surface area contributed by atoms with Crippen molar-refractivity contribution in [2.24, 2.45) is 11.8 Å². The van der Waals surface area contributed by atoms with Gasteiger partial charge in [-0.25, -0.2) is 0 Å². The Labute approximate surface area is 105 Å². The highest BCUT2D eigenvalue weighted by Gasteiger charge is 2.26. The third-order valence-electron chi connectivity index (χ3n) is 4.18. The van der Waals surface area contributed by atoms with Gasteiger partial charge in [0.15, 0.2) is 0 Å². The Morgan fingerprint density at radius 2 is 2.12 bits per heavy atom. The van der Waals surface area contributed by atoms with Crippen LogP contribution in [0, 0.1) is 11.8 Å². The van der Waals surface area contributed by atoms with Crippen LogP contribution in [0.25, 0.3) is 0 Å². The van der Waals surface area contributed by atoms with Crippen molar-refractivity contribution >= 4 is 0 Å². The van der Waals surface area contributed by atoms with E-state index in [9.17, 15) is 0 Å². The number of hydrogen-bond donors (Lipinski definition) is 1. The molecule has 1 aromatic rings. The molecule has 1 N–H and O–H groups in total. The number of rotatable bonds is 4. The summed E-state index contributed by atoms with van der Waals surface area (Å²) >= 11 is 0. The summed E-state index contributed by atoms with van der Waals surface area (Å²) < 4.78 is 2.02. The van der Waals surface area contributed by atoms with Crippen molar-refractivity contribution in [2.45, 2.75) is 52.1 Å². The molecule has 3 nitrogen and oxygen atoms in total. The van der Waals surface area contributed by atoms with Crippen LogP contribution in [0.5, 0.6) is 0 Å². The first-order chi connectivity index (χ1) is 8.24. The molecule has 1 unspecified atom stereocenters. The normalized spacial score (nSPS) is 27.0. The van der Waals surface area contributed by atoms with Crippen molar-refractivity contribution in [3.63, 3.8) is 0 Å². The van der Waals surface area contributed by atoms with Gasteiger partial charge in [0.1, 0.15) is 0 Å². The number of hydrogen-bond acceptors (Lipinski definition) is 2. The smallest absolute Gasteiger partial charge is 0.0537 e. The fourth-order valence-electron chi connectivity index (χ4n) is 3.01. The second-order valence-electron chi connectivity index (χ2n) is 5.42. The van der Waals surface area contributed by atoms with E-state index in [1.165, 1.54) is 31.2 Å². The van der Waals surface area contributed by atoms with Crippen LogP contribution in [0.1, 0.15) is 51.1 Å². The molecule has 1 aliphatic rings. The van der Waals surface area contributed by atoms with Gasteiger partial charge < -0.3 is 5.32 Å². The maximum atomic E-state index is 4.39. The zero-order valence-electron chi connectivity index (χ0n) is 11.3. The highest BCUT2D eigenvalue weighted by Crippen LogP contribution is 2.36. The van der Waals surface area contributed by atoms with E-state index >= 15 is 0 Å². The van der Waals surface area contributed by atoms with Gasteiger partial charge in [-0.3, -0.25) is 4.68 Å². The minimum Gasteiger partial charge on any atom is -0.313 e. The van der Waals surface area contributed by atoms with E-state index in [-0.39, 0.29) is 0 Å². The fourth-order valence-corrected chi connectivity index (χ4v) is 3.01. The monoisotopic (exact) mass is 235 g/mol. The third-order valence-corrected chi connectivity index (χ3v) is 4.18. The summed E-state index contributed by atoms with van der Waals surface area (Å²) in [7, 11) is 2.08. The van der Waals surface area contributed by atoms with Crippen molar-refractivity contribution in [2.75, 3.05) is 7.05 Å². The fraction of sp³-hybridized carbons (Fsp3) is 0.786. The molecule has 2 rings (SSSR count). The van der Waals surface area contributed by atoms with Gasteiger partial charge in [-0.1, -0.05) is 19.8 Å². The molecule has 0 radical (unpaired) electrons. The average Bonchev–Trinajstić information content (AvgIpc) is 2.81. The molecule has 96 valence electrons. The van der Waals surface area contributed by atoms with E-state index < -0.39 is 0 Å². The predicted octanol–water partition coefficient (Wildman–Crippen LogP) is 2.99. The summed E-state index contributed by atoms with van der Waals surface area (Å²) in [5.74, 6) is 1.70. The standard InChI is InChI=1S/C14H25N3/c1-4-17-10-13(9-16-17)14(15-3)12-7-5-11(2)6-8-12/h9-12,14-15H,4-8H2,1-3H3. The number of aryl methyl sites for hydroxylation is 1. The Morgan fingerprint density at radius 3 is 2.65 bits per heavy atom. The summed E-state index contributed by atoms with van der Waals surface area (Å²) in [4.78, 5) is 0. The Hall–Kier alpha value is -0.830. The predicted molar refractivity (Wildman–Crippen MR) is 70.8 cm³/mol. The molecule has 1 fully saturated rings. The van der Waals surface area contributed by atoms with Crippen LogP contribution in [0.3, 0.4) is 0 Å². The Bertz CT molecular complexity index is 337. The molecule has 1 aliphatic carbocycles. The van der Waals surface area contributed by atoms with Crippen LogP contribution in [-0.4, -0.2) is 16.8 Å².